The maximum Gasteiger partial charge on any atom is 0.274 e. The molecule has 1 heterocycles. The molecule has 1 atom stereocenters. The Morgan fingerprint density at radius 3 is 2.33 bits per heavy atom. The number of benzene rings is 1. The fraction of sp³-hybridized carbons (Fsp3) is 0.640. The molecule has 1 aromatic heterocycles. The van der Waals surface area contributed by atoms with Crippen molar-refractivity contribution in [2.45, 2.75) is 77.8 Å². The number of nitrogens with zero attached hydrogens (tertiary/aromatic N) is 2. The van der Waals surface area contributed by atoms with Gasteiger partial charge in [0.1, 0.15) is 0 Å². The van der Waals surface area contributed by atoms with Crippen molar-refractivity contribution in [1.29, 1.82) is 0 Å². The summed E-state index contributed by atoms with van der Waals surface area (Å²) >= 11 is 0. The summed E-state index contributed by atoms with van der Waals surface area (Å²) in [6.07, 6.45) is 9.80. The molecule has 0 radical (unpaired) electrons. The maximum atomic E-state index is 13.4. The second-order valence-electron chi connectivity index (χ2n) is 10.3. The molecule has 4 bridgehead atoms. The monoisotopic (exact) mass is 407 g/mol. The van der Waals surface area contributed by atoms with Gasteiger partial charge >= 0.3 is 0 Å². The van der Waals surface area contributed by atoms with Gasteiger partial charge in [0.25, 0.3) is 11.5 Å². The lowest BCUT2D eigenvalue weighted by Gasteiger charge is -2.59. The summed E-state index contributed by atoms with van der Waals surface area (Å²) in [5.41, 5.74) is 0.527. The average Bonchev–Trinajstić information content (AvgIpc) is 2.72. The van der Waals surface area contributed by atoms with E-state index in [1.807, 2.05) is 18.2 Å². The lowest BCUT2D eigenvalue weighted by atomic mass is 9.48. The predicted octanol–water partition coefficient (Wildman–Crippen LogP) is 4.53. The van der Waals surface area contributed by atoms with Crippen molar-refractivity contribution in [3.05, 3.63) is 40.3 Å². The number of amides is 1. The number of aryl methyl sites for hydroxylation is 1. The van der Waals surface area contributed by atoms with Crippen LogP contribution in [0.4, 0.5) is 0 Å². The van der Waals surface area contributed by atoms with Crippen LogP contribution < -0.4 is 10.9 Å². The third kappa shape index (κ3) is 3.27. The smallest absolute Gasteiger partial charge is 0.274 e. The molecule has 30 heavy (non-hydrogen) atoms. The quantitative estimate of drug-likeness (QED) is 0.765. The minimum atomic E-state index is -0.139. The van der Waals surface area contributed by atoms with Crippen molar-refractivity contribution in [2.24, 2.45) is 23.2 Å². The van der Waals surface area contributed by atoms with E-state index in [1.165, 1.54) is 43.2 Å². The Bertz CT molecular complexity index is 989. The molecule has 0 aliphatic heterocycles. The van der Waals surface area contributed by atoms with Crippen molar-refractivity contribution < 1.29 is 4.79 Å². The first-order chi connectivity index (χ1) is 14.5. The Kier molecular flexibility index (Phi) is 4.95. The number of fused-ring (bicyclic) bond motifs is 1. The first kappa shape index (κ1) is 19.8. The molecule has 160 valence electrons. The van der Waals surface area contributed by atoms with Crippen LogP contribution in [0.25, 0.3) is 10.8 Å². The molecule has 5 heteroatoms. The maximum absolute atomic E-state index is 13.4. The van der Waals surface area contributed by atoms with Crippen molar-refractivity contribution in [2.75, 3.05) is 0 Å². The summed E-state index contributed by atoms with van der Waals surface area (Å²) in [7, 11) is 0. The van der Waals surface area contributed by atoms with Gasteiger partial charge in [0.05, 0.1) is 5.39 Å². The minimum Gasteiger partial charge on any atom is -0.348 e. The summed E-state index contributed by atoms with van der Waals surface area (Å²) in [6, 6.07) is 7.52. The third-order valence-corrected chi connectivity index (χ3v) is 8.16. The molecule has 4 saturated carbocycles. The van der Waals surface area contributed by atoms with Crippen molar-refractivity contribution in [1.82, 2.24) is 15.1 Å². The number of aromatic nitrogens is 2. The van der Waals surface area contributed by atoms with Gasteiger partial charge in [-0.3, -0.25) is 9.59 Å². The molecule has 1 aromatic carbocycles. The van der Waals surface area contributed by atoms with Gasteiger partial charge in [-0.1, -0.05) is 31.5 Å². The van der Waals surface area contributed by atoms with Gasteiger partial charge < -0.3 is 5.32 Å². The van der Waals surface area contributed by atoms with Crippen LogP contribution in [-0.4, -0.2) is 21.7 Å². The second-order valence-corrected chi connectivity index (χ2v) is 10.3. The lowest BCUT2D eigenvalue weighted by molar-refractivity contribution is -0.0688. The zero-order chi connectivity index (χ0) is 20.9. The average molecular weight is 408 g/mol. The molecule has 4 aliphatic carbocycles. The molecular weight excluding hydrogens is 374 g/mol. The van der Waals surface area contributed by atoms with Crippen molar-refractivity contribution in [3.63, 3.8) is 0 Å². The molecule has 5 nitrogen and oxygen atoms in total. The van der Waals surface area contributed by atoms with Gasteiger partial charge in [-0.05, 0) is 81.1 Å². The van der Waals surface area contributed by atoms with E-state index in [0.29, 0.717) is 23.0 Å². The van der Waals surface area contributed by atoms with E-state index in [4.69, 9.17) is 0 Å². The highest BCUT2D eigenvalue weighted by Gasteiger charge is 2.53. The molecule has 1 N–H and O–H groups in total. The molecule has 0 saturated heterocycles. The van der Waals surface area contributed by atoms with Crippen LogP contribution in [0.5, 0.6) is 0 Å². The molecular formula is C25H33N3O2. The van der Waals surface area contributed by atoms with Gasteiger partial charge in [-0.2, -0.15) is 5.10 Å². The zero-order valence-corrected chi connectivity index (χ0v) is 18.2. The molecule has 2 aromatic rings. The van der Waals surface area contributed by atoms with Gasteiger partial charge in [0.2, 0.25) is 0 Å². The number of nitrogens with one attached hydrogen (secondary N) is 1. The molecule has 0 unspecified atom stereocenters. The standard InChI is InChI=1S/C25H33N3O2/c1-3-4-9-28-24(30)21-8-6-5-7-20(21)22(27-28)23(29)26-16(2)25-13-17-10-18(14-25)12-19(11-17)15-25/h5-8,16-19H,3-4,9-15H2,1-2H3,(H,26,29)/t16-,17?,18?,19?,25?/m1/s1. The number of rotatable bonds is 6. The Labute approximate surface area is 178 Å². The molecule has 4 aliphatic rings. The van der Waals surface area contributed by atoms with Crippen molar-refractivity contribution >= 4 is 16.7 Å². The summed E-state index contributed by atoms with van der Waals surface area (Å²) in [5, 5.41) is 9.10. The largest absolute Gasteiger partial charge is 0.348 e. The van der Waals surface area contributed by atoms with E-state index >= 15 is 0 Å². The fourth-order valence-electron chi connectivity index (χ4n) is 6.99. The van der Waals surface area contributed by atoms with E-state index in [-0.39, 0.29) is 22.9 Å². The predicted molar refractivity (Wildman–Crippen MR) is 118 cm³/mol. The van der Waals surface area contributed by atoms with Crippen LogP contribution in [0.2, 0.25) is 0 Å². The highest BCUT2D eigenvalue weighted by Crippen LogP contribution is 2.61. The van der Waals surface area contributed by atoms with E-state index < -0.39 is 0 Å². The molecule has 4 fully saturated rings. The van der Waals surface area contributed by atoms with Crippen molar-refractivity contribution in [3.8, 4) is 0 Å². The fourth-order valence-corrected chi connectivity index (χ4v) is 6.99. The van der Waals surface area contributed by atoms with Crippen LogP contribution in [-0.2, 0) is 6.54 Å². The minimum absolute atomic E-state index is 0.107. The van der Waals surface area contributed by atoms with Crippen LogP contribution in [0.15, 0.2) is 29.1 Å². The Hall–Kier alpha value is -2.17. The Morgan fingerprint density at radius 2 is 1.73 bits per heavy atom. The van der Waals surface area contributed by atoms with Crippen LogP contribution in [0, 0.1) is 23.2 Å². The van der Waals surface area contributed by atoms with Crippen LogP contribution >= 0.6 is 0 Å². The molecule has 6 rings (SSSR count). The Morgan fingerprint density at radius 1 is 1.13 bits per heavy atom. The number of unbranched alkanes of at least 4 members (excludes halogenated alkanes) is 1. The van der Waals surface area contributed by atoms with E-state index in [2.05, 4.69) is 24.3 Å². The van der Waals surface area contributed by atoms with Gasteiger partial charge in [-0.25, -0.2) is 4.68 Å². The van der Waals surface area contributed by atoms with Gasteiger partial charge in [0, 0.05) is 18.0 Å². The van der Waals surface area contributed by atoms with Crippen LogP contribution in [0.1, 0.15) is 75.7 Å². The highest BCUT2D eigenvalue weighted by atomic mass is 16.2. The number of carbonyl (C=O) groups excluding carboxylic acids is 1. The van der Waals surface area contributed by atoms with E-state index in [9.17, 15) is 9.59 Å². The Balaban J connectivity index is 1.45. The van der Waals surface area contributed by atoms with Crippen LogP contribution in [0.3, 0.4) is 0 Å². The number of hydrogen-bond donors (Lipinski definition) is 1. The molecule has 1 amide bonds. The lowest BCUT2D eigenvalue weighted by Crippen LogP contribution is -2.56. The van der Waals surface area contributed by atoms with Gasteiger partial charge in [0.15, 0.2) is 5.69 Å². The van der Waals surface area contributed by atoms with E-state index in [1.54, 1.807) is 6.07 Å². The van der Waals surface area contributed by atoms with Gasteiger partial charge in [-0.15, -0.1) is 0 Å². The number of hydrogen-bond acceptors (Lipinski definition) is 3. The summed E-state index contributed by atoms with van der Waals surface area (Å²) in [5.74, 6) is 2.42. The first-order valence-electron chi connectivity index (χ1n) is 11.8. The third-order valence-electron chi connectivity index (χ3n) is 8.16. The summed E-state index contributed by atoms with van der Waals surface area (Å²) in [4.78, 5) is 26.2. The molecule has 0 spiro atoms. The summed E-state index contributed by atoms with van der Waals surface area (Å²) in [6.45, 7) is 4.83. The first-order valence-corrected chi connectivity index (χ1v) is 11.8. The van der Waals surface area contributed by atoms with E-state index in [0.717, 1.165) is 30.6 Å². The highest BCUT2D eigenvalue weighted by molar-refractivity contribution is 6.04. The zero-order valence-electron chi connectivity index (χ0n) is 18.2. The topological polar surface area (TPSA) is 64.0 Å². The number of carbonyl (C=O) groups is 1. The second kappa shape index (κ2) is 7.51. The summed E-state index contributed by atoms with van der Waals surface area (Å²) < 4.78 is 1.48. The normalized spacial score (nSPS) is 30.5. The SMILES string of the molecule is CCCCn1nc(C(=O)N[C@H](C)C23CC4CC(CC(C4)C2)C3)c2ccccc2c1=O.